The van der Waals surface area contributed by atoms with E-state index in [9.17, 15) is 4.79 Å². The van der Waals surface area contributed by atoms with Crippen LogP contribution in [0.3, 0.4) is 0 Å². The van der Waals surface area contributed by atoms with Gasteiger partial charge in [-0.3, -0.25) is 4.79 Å². The van der Waals surface area contributed by atoms with E-state index in [4.69, 9.17) is 0 Å². The van der Waals surface area contributed by atoms with Gasteiger partial charge in [-0.25, -0.2) is 0 Å². The van der Waals surface area contributed by atoms with E-state index in [1.54, 1.807) is 0 Å². The standard InChI is InChI=1S/C11H20O/c1-8(11(2,3)4)7-10(12)9-5-6-9/h8-9H,5-7H2,1-4H3/t8-/m1/s1. The maximum absolute atomic E-state index is 11.5. The van der Waals surface area contributed by atoms with Crippen molar-refractivity contribution in [2.45, 2.75) is 47.0 Å². The molecular formula is C11H20O. The van der Waals surface area contributed by atoms with Gasteiger partial charge in [0.05, 0.1) is 0 Å². The highest BCUT2D eigenvalue weighted by molar-refractivity contribution is 5.83. The van der Waals surface area contributed by atoms with Crippen LogP contribution in [0.25, 0.3) is 0 Å². The minimum atomic E-state index is 0.282. The highest BCUT2D eigenvalue weighted by Crippen LogP contribution is 2.35. The van der Waals surface area contributed by atoms with Crippen molar-refractivity contribution in [2.75, 3.05) is 0 Å². The average Bonchev–Trinajstić information content (AvgIpc) is 2.65. The molecule has 0 unspecified atom stereocenters. The molecule has 1 nitrogen and oxygen atoms in total. The molecule has 70 valence electrons. The van der Waals surface area contributed by atoms with Gasteiger partial charge in [-0.15, -0.1) is 0 Å². The van der Waals surface area contributed by atoms with Crippen molar-refractivity contribution in [2.24, 2.45) is 17.3 Å². The van der Waals surface area contributed by atoms with Crippen LogP contribution in [0.15, 0.2) is 0 Å². The second-order valence-electron chi connectivity index (χ2n) is 5.21. The summed E-state index contributed by atoms with van der Waals surface area (Å²) in [5.41, 5.74) is 0.282. The van der Waals surface area contributed by atoms with Gasteiger partial charge < -0.3 is 0 Å². The van der Waals surface area contributed by atoms with Gasteiger partial charge >= 0.3 is 0 Å². The van der Waals surface area contributed by atoms with Crippen molar-refractivity contribution in [3.8, 4) is 0 Å². The lowest BCUT2D eigenvalue weighted by molar-refractivity contribution is -0.121. The maximum Gasteiger partial charge on any atom is 0.136 e. The minimum Gasteiger partial charge on any atom is -0.299 e. The van der Waals surface area contributed by atoms with Gasteiger partial charge in [-0.1, -0.05) is 27.7 Å². The first kappa shape index (κ1) is 9.76. The molecule has 0 spiro atoms. The molecule has 0 saturated heterocycles. The second kappa shape index (κ2) is 3.20. The van der Waals surface area contributed by atoms with E-state index in [1.165, 1.54) is 0 Å². The van der Waals surface area contributed by atoms with E-state index in [2.05, 4.69) is 27.7 Å². The molecule has 0 aliphatic heterocycles. The van der Waals surface area contributed by atoms with E-state index < -0.39 is 0 Å². The van der Waals surface area contributed by atoms with E-state index >= 15 is 0 Å². The summed E-state index contributed by atoms with van der Waals surface area (Å²) in [5, 5.41) is 0. The first-order valence-corrected chi connectivity index (χ1v) is 4.94. The number of hydrogen-bond donors (Lipinski definition) is 0. The van der Waals surface area contributed by atoms with Gasteiger partial charge in [0.15, 0.2) is 0 Å². The number of carbonyl (C=O) groups is 1. The normalized spacial score (nSPS) is 20.7. The third kappa shape index (κ3) is 2.62. The predicted molar refractivity (Wildman–Crippen MR) is 51.0 cm³/mol. The third-order valence-corrected chi connectivity index (χ3v) is 3.02. The molecular weight excluding hydrogens is 148 g/mol. The molecule has 0 aromatic carbocycles. The number of Topliss-reactive ketones (excluding diaryl/α,β-unsaturated/α-hetero) is 1. The molecule has 1 heteroatoms. The van der Waals surface area contributed by atoms with E-state index in [0.29, 0.717) is 17.6 Å². The Labute approximate surface area is 75.5 Å². The largest absolute Gasteiger partial charge is 0.299 e. The Morgan fingerprint density at radius 3 is 2.25 bits per heavy atom. The molecule has 0 N–H and O–H groups in total. The van der Waals surface area contributed by atoms with Crippen LogP contribution < -0.4 is 0 Å². The monoisotopic (exact) mass is 168 g/mol. The first-order valence-electron chi connectivity index (χ1n) is 4.94. The number of carbonyl (C=O) groups excluding carboxylic acids is 1. The molecule has 12 heavy (non-hydrogen) atoms. The Kier molecular flexibility index (Phi) is 2.60. The van der Waals surface area contributed by atoms with Crippen LogP contribution in [-0.4, -0.2) is 5.78 Å². The fourth-order valence-electron chi connectivity index (χ4n) is 1.18. The zero-order valence-electron chi connectivity index (χ0n) is 8.68. The molecule has 0 radical (unpaired) electrons. The van der Waals surface area contributed by atoms with Crippen LogP contribution in [-0.2, 0) is 4.79 Å². The third-order valence-electron chi connectivity index (χ3n) is 3.02. The van der Waals surface area contributed by atoms with Crippen molar-refractivity contribution in [1.29, 1.82) is 0 Å². The Balaban J connectivity index is 2.34. The Morgan fingerprint density at radius 1 is 1.42 bits per heavy atom. The Bertz CT molecular complexity index is 172. The van der Waals surface area contributed by atoms with Gasteiger partial charge in [0.25, 0.3) is 0 Å². The van der Waals surface area contributed by atoms with E-state index in [-0.39, 0.29) is 5.41 Å². The molecule has 1 atom stereocenters. The van der Waals surface area contributed by atoms with Crippen LogP contribution in [0, 0.1) is 17.3 Å². The summed E-state index contributed by atoms with van der Waals surface area (Å²) in [7, 11) is 0. The summed E-state index contributed by atoms with van der Waals surface area (Å²) in [5.74, 6) is 1.46. The van der Waals surface area contributed by atoms with Crippen molar-refractivity contribution >= 4 is 5.78 Å². The highest BCUT2D eigenvalue weighted by Gasteiger charge is 2.32. The Hall–Kier alpha value is -0.330. The summed E-state index contributed by atoms with van der Waals surface area (Å²) in [6.07, 6.45) is 3.08. The quantitative estimate of drug-likeness (QED) is 0.633. The summed E-state index contributed by atoms with van der Waals surface area (Å²) >= 11 is 0. The highest BCUT2D eigenvalue weighted by atomic mass is 16.1. The molecule has 0 heterocycles. The van der Waals surface area contributed by atoms with Crippen LogP contribution >= 0.6 is 0 Å². The predicted octanol–water partition coefficient (Wildman–Crippen LogP) is 3.04. The molecule has 0 aromatic rings. The lowest BCUT2D eigenvalue weighted by atomic mass is 9.79. The number of hydrogen-bond acceptors (Lipinski definition) is 1. The summed E-state index contributed by atoms with van der Waals surface area (Å²) in [6, 6.07) is 0. The van der Waals surface area contributed by atoms with E-state index in [0.717, 1.165) is 19.3 Å². The van der Waals surface area contributed by atoms with E-state index in [1.807, 2.05) is 0 Å². The van der Waals surface area contributed by atoms with Crippen molar-refractivity contribution in [3.63, 3.8) is 0 Å². The zero-order valence-corrected chi connectivity index (χ0v) is 8.68. The lowest BCUT2D eigenvalue weighted by Crippen LogP contribution is -2.21. The molecule has 0 bridgehead atoms. The fraction of sp³-hybridized carbons (Fsp3) is 0.909. The second-order valence-corrected chi connectivity index (χ2v) is 5.21. The van der Waals surface area contributed by atoms with Crippen molar-refractivity contribution in [1.82, 2.24) is 0 Å². The van der Waals surface area contributed by atoms with Crippen LogP contribution in [0.4, 0.5) is 0 Å². The van der Waals surface area contributed by atoms with Gasteiger partial charge in [-0.05, 0) is 24.2 Å². The fourth-order valence-corrected chi connectivity index (χ4v) is 1.18. The topological polar surface area (TPSA) is 17.1 Å². The SMILES string of the molecule is C[C@H](CC(=O)C1CC1)C(C)(C)C. The van der Waals surface area contributed by atoms with Crippen molar-refractivity contribution in [3.05, 3.63) is 0 Å². The van der Waals surface area contributed by atoms with Gasteiger partial charge in [-0.2, -0.15) is 0 Å². The van der Waals surface area contributed by atoms with Gasteiger partial charge in [0, 0.05) is 12.3 Å². The van der Waals surface area contributed by atoms with Gasteiger partial charge in [0.1, 0.15) is 5.78 Å². The molecule has 1 saturated carbocycles. The molecule has 0 aromatic heterocycles. The van der Waals surface area contributed by atoms with Crippen LogP contribution in [0.5, 0.6) is 0 Å². The zero-order chi connectivity index (χ0) is 9.35. The molecule has 1 fully saturated rings. The Morgan fingerprint density at radius 2 is 1.92 bits per heavy atom. The minimum absolute atomic E-state index is 0.282. The molecule has 1 aliphatic carbocycles. The summed E-state index contributed by atoms with van der Waals surface area (Å²) < 4.78 is 0. The molecule has 1 aliphatic rings. The average molecular weight is 168 g/mol. The first-order chi connectivity index (χ1) is 5.41. The molecule has 0 amide bonds. The van der Waals surface area contributed by atoms with Crippen LogP contribution in [0.1, 0.15) is 47.0 Å². The molecule has 1 rings (SSSR count). The number of rotatable bonds is 3. The number of ketones is 1. The summed E-state index contributed by atoms with van der Waals surface area (Å²) in [4.78, 5) is 11.5. The lowest BCUT2D eigenvalue weighted by Gasteiger charge is -2.26. The maximum atomic E-state index is 11.5. The van der Waals surface area contributed by atoms with Gasteiger partial charge in [0.2, 0.25) is 0 Å². The van der Waals surface area contributed by atoms with Crippen molar-refractivity contribution < 1.29 is 4.79 Å². The smallest absolute Gasteiger partial charge is 0.136 e. The summed E-state index contributed by atoms with van der Waals surface area (Å²) in [6.45, 7) is 8.80. The van der Waals surface area contributed by atoms with Crippen LogP contribution in [0.2, 0.25) is 0 Å².